The standard InChI is InChI=1S/C15H13ClN2O3/c16-11-4-2-1-3-10(11)13-7-12(17-21-13)14(19)18-6-5-15(18)8-20-9-15/h1-4,7H,5-6,8-9H2. The summed E-state index contributed by atoms with van der Waals surface area (Å²) >= 11 is 6.13. The fourth-order valence-corrected chi connectivity index (χ4v) is 3.03. The Balaban J connectivity index is 1.60. The summed E-state index contributed by atoms with van der Waals surface area (Å²) < 4.78 is 10.5. The second-order valence-electron chi connectivity index (χ2n) is 5.48. The van der Waals surface area contributed by atoms with Crippen molar-refractivity contribution in [1.29, 1.82) is 0 Å². The first-order valence-corrected chi connectivity index (χ1v) is 7.19. The number of ether oxygens (including phenoxy) is 1. The molecule has 2 aliphatic rings. The van der Waals surface area contributed by atoms with E-state index in [0.717, 1.165) is 18.5 Å². The molecule has 3 heterocycles. The Morgan fingerprint density at radius 1 is 1.33 bits per heavy atom. The maximum absolute atomic E-state index is 12.5. The maximum Gasteiger partial charge on any atom is 0.276 e. The lowest BCUT2D eigenvalue weighted by molar-refractivity contribution is -0.172. The molecule has 0 bridgehead atoms. The lowest BCUT2D eigenvalue weighted by atomic mass is 9.82. The third-order valence-electron chi connectivity index (χ3n) is 4.23. The topological polar surface area (TPSA) is 55.6 Å². The van der Waals surface area contributed by atoms with Crippen molar-refractivity contribution < 1.29 is 14.1 Å². The van der Waals surface area contributed by atoms with E-state index in [1.54, 1.807) is 12.1 Å². The van der Waals surface area contributed by atoms with Crippen molar-refractivity contribution in [3.8, 4) is 11.3 Å². The molecule has 1 spiro atoms. The number of aromatic nitrogens is 1. The largest absolute Gasteiger partial charge is 0.376 e. The predicted molar refractivity (Wildman–Crippen MR) is 76.2 cm³/mol. The second kappa shape index (κ2) is 4.58. The summed E-state index contributed by atoms with van der Waals surface area (Å²) in [5.41, 5.74) is 0.951. The monoisotopic (exact) mass is 304 g/mol. The van der Waals surface area contributed by atoms with Gasteiger partial charge in [-0.3, -0.25) is 4.79 Å². The number of rotatable bonds is 2. The molecule has 5 nitrogen and oxygen atoms in total. The predicted octanol–water partition coefficient (Wildman–Crippen LogP) is 2.61. The first-order chi connectivity index (χ1) is 10.2. The summed E-state index contributed by atoms with van der Waals surface area (Å²) in [6.45, 7) is 1.98. The number of hydrogen-bond donors (Lipinski definition) is 0. The van der Waals surface area contributed by atoms with Crippen LogP contribution < -0.4 is 0 Å². The minimum absolute atomic E-state index is 0.0966. The molecule has 2 aromatic rings. The highest BCUT2D eigenvalue weighted by atomic mass is 35.5. The van der Waals surface area contributed by atoms with Gasteiger partial charge < -0.3 is 14.2 Å². The third-order valence-corrected chi connectivity index (χ3v) is 4.56. The quantitative estimate of drug-likeness (QED) is 0.856. The molecule has 2 fully saturated rings. The Hall–Kier alpha value is -1.85. The summed E-state index contributed by atoms with van der Waals surface area (Å²) in [6, 6.07) is 8.96. The van der Waals surface area contributed by atoms with Gasteiger partial charge in [-0.2, -0.15) is 0 Å². The van der Waals surface area contributed by atoms with Crippen LogP contribution in [0.2, 0.25) is 5.02 Å². The Bertz CT molecular complexity index is 703. The lowest BCUT2D eigenvalue weighted by Gasteiger charge is -2.57. The second-order valence-corrected chi connectivity index (χ2v) is 5.89. The molecule has 0 aliphatic carbocycles. The van der Waals surface area contributed by atoms with Crippen LogP contribution in [0.4, 0.5) is 0 Å². The zero-order valence-corrected chi connectivity index (χ0v) is 12.0. The molecule has 1 aromatic carbocycles. The van der Waals surface area contributed by atoms with Gasteiger partial charge in [0.2, 0.25) is 0 Å². The van der Waals surface area contributed by atoms with Crippen LogP contribution >= 0.6 is 11.6 Å². The number of halogens is 1. The highest BCUT2D eigenvalue weighted by Gasteiger charge is 2.53. The Kier molecular flexibility index (Phi) is 2.80. The lowest BCUT2D eigenvalue weighted by Crippen LogP contribution is -2.72. The Morgan fingerprint density at radius 3 is 2.76 bits per heavy atom. The Labute approximate surface area is 126 Å². The van der Waals surface area contributed by atoms with Gasteiger partial charge in [0.25, 0.3) is 5.91 Å². The van der Waals surface area contributed by atoms with Crippen LogP contribution in [-0.4, -0.2) is 41.3 Å². The van der Waals surface area contributed by atoms with E-state index in [0.29, 0.717) is 29.7 Å². The number of amides is 1. The number of carbonyl (C=O) groups excluding carboxylic acids is 1. The summed E-state index contributed by atoms with van der Waals surface area (Å²) in [7, 11) is 0. The molecule has 0 unspecified atom stereocenters. The molecule has 0 atom stereocenters. The van der Waals surface area contributed by atoms with Crippen molar-refractivity contribution in [1.82, 2.24) is 10.1 Å². The molecule has 1 aromatic heterocycles. The van der Waals surface area contributed by atoms with Gasteiger partial charge >= 0.3 is 0 Å². The average Bonchev–Trinajstić information content (AvgIpc) is 2.85. The van der Waals surface area contributed by atoms with Crippen LogP contribution in [0, 0.1) is 0 Å². The molecule has 6 heteroatoms. The van der Waals surface area contributed by atoms with Crippen molar-refractivity contribution in [2.45, 2.75) is 12.0 Å². The van der Waals surface area contributed by atoms with E-state index in [-0.39, 0.29) is 11.4 Å². The molecule has 21 heavy (non-hydrogen) atoms. The van der Waals surface area contributed by atoms with E-state index >= 15 is 0 Å². The molecular formula is C15H13ClN2O3. The van der Waals surface area contributed by atoms with Gasteiger partial charge in [0.1, 0.15) is 0 Å². The zero-order chi connectivity index (χ0) is 14.4. The van der Waals surface area contributed by atoms with Crippen molar-refractivity contribution >= 4 is 17.5 Å². The Morgan fingerprint density at radius 2 is 2.14 bits per heavy atom. The summed E-state index contributed by atoms with van der Waals surface area (Å²) in [5, 5.41) is 4.46. The zero-order valence-electron chi connectivity index (χ0n) is 11.2. The van der Waals surface area contributed by atoms with Gasteiger partial charge in [0.15, 0.2) is 11.5 Å². The fourth-order valence-electron chi connectivity index (χ4n) is 2.80. The van der Waals surface area contributed by atoms with Gasteiger partial charge in [0.05, 0.1) is 23.8 Å². The van der Waals surface area contributed by atoms with E-state index in [4.69, 9.17) is 20.9 Å². The average molecular weight is 305 g/mol. The van der Waals surface area contributed by atoms with Gasteiger partial charge in [0, 0.05) is 18.2 Å². The van der Waals surface area contributed by atoms with Gasteiger partial charge in [-0.05, 0) is 18.6 Å². The minimum atomic E-state index is -0.105. The van der Waals surface area contributed by atoms with Crippen LogP contribution in [0.15, 0.2) is 34.9 Å². The fraction of sp³-hybridized carbons (Fsp3) is 0.333. The van der Waals surface area contributed by atoms with E-state index in [9.17, 15) is 4.79 Å². The number of benzene rings is 1. The first kappa shape index (κ1) is 12.9. The minimum Gasteiger partial charge on any atom is -0.376 e. The van der Waals surface area contributed by atoms with Crippen molar-refractivity contribution in [3.63, 3.8) is 0 Å². The molecular weight excluding hydrogens is 292 g/mol. The smallest absolute Gasteiger partial charge is 0.276 e. The summed E-state index contributed by atoms with van der Waals surface area (Å²) in [5.74, 6) is 0.398. The highest BCUT2D eigenvalue weighted by Crippen LogP contribution is 2.38. The molecule has 0 saturated carbocycles. The molecule has 2 aliphatic heterocycles. The van der Waals surface area contributed by atoms with E-state index in [1.807, 2.05) is 23.1 Å². The van der Waals surface area contributed by atoms with Crippen LogP contribution in [0.25, 0.3) is 11.3 Å². The first-order valence-electron chi connectivity index (χ1n) is 6.81. The van der Waals surface area contributed by atoms with Crippen LogP contribution in [0.1, 0.15) is 16.9 Å². The number of likely N-dealkylation sites (tertiary alicyclic amines) is 1. The van der Waals surface area contributed by atoms with Crippen LogP contribution in [0.3, 0.4) is 0 Å². The number of hydrogen-bond acceptors (Lipinski definition) is 4. The van der Waals surface area contributed by atoms with Crippen LogP contribution in [0.5, 0.6) is 0 Å². The number of carbonyl (C=O) groups is 1. The molecule has 0 radical (unpaired) electrons. The molecule has 1 amide bonds. The van der Waals surface area contributed by atoms with Crippen LogP contribution in [-0.2, 0) is 4.74 Å². The SMILES string of the molecule is O=C(c1cc(-c2ccccc2Cl)on1)N1CCC12COC2. The van der Waals surface area contributed by atoms with Crippen molar-refractivity contribution in [2.24, 2.45) is 0 Å². The van der Waals surface area contributed by atoms with Gasteiger partial charge in [-0.1, -0.05) is 28.9 Å². The summed E-state index contributed by atoms with van der Waals surface area (Å²) in [6.07, 6.45) is 0.994. The normalized spacial score (nSPS) is 19.2. The van der Waals surface area contributed by atoms with E-state index in [1.165, 1.54) is 0 Å². The molecule has 0 N–H and O–H groups in total. The van der Waals surface area contributed by atoms with E-state index in [2.05, 4.69) is 5.16 Å². The molecule has 4 rings (SSSR count). The van der Waals surface area contributed by atoms with E-state index < -0.39 is 0 Å². The number of nitrogens with zero attached hydrogens (tertiary/aromatic N) is 2. The highest BCUT2D eigenvalue weighted by molar-refractivity contribution is 6.33. The van der Waals surface area contributed by atoms with Gasteiger partial charge in [-0.15, -0.1) is 0 Å². The third kappa shape index (κ3) is 1.88. The van der Waals surface area contributed by atoms with Crippen molar-refractivity contribution in [3.05, 3.63) is 41.0 Å². The summed E-state index contributed by atoms with van der Waals surface area (Å²) in [4.78, 5) is 14.3. The molecule has 2 saturated heterocycles. The maximum atomic E-state index is 12.5. The molecule has 108 valence electrons. The van der Waals surface area contributed by atoms with Crippen molar-refractivity contribution in [2.75, 3.05) is 19.8 Å². The van der Waals surface area contributed by atoms with Gasteiger partial charge in [-0.25, -0.2) is 0 Å².